The van der Waals surface area contributed by atoms with Crippen LogP contribution in [0.25, 0.3) is 0 Å². The molecule has 1 aliphatic heterocycles. The maximum atomic E-state index is 13.1. The van der Waals surface area contributed by atoms with Crippen LogP contribution in [0.3, 0.4) is 0 Å². The molecule has 0 spiro atoms. The van der Waals surface area contributed by atoms with E-state index in [2.05, 4.69) is 10.4 Å². The molecule has 0 aliphatic carbocycles. The summed E-state index contributed by atoms with van der Waals surface area (Å²) in [5.74, 6) is 0.0414. The van der Waals surface area contributed by atoms with Crippen molar-refractivity contribution in [3.8, 4) is 5.75 Å². The fourth-order valence-corrected chi connectivity index (χ4v) is 5.03. The van der Waals surface area contributed by atoms with E-state index in [0.717, 1.165) is 5.56 Å². The molecule has 4 rings (SSSR count). The Kier molecular flexibility index (Phi) is 7.30. The molecule has 3 aromatic rings. The minimum atomic E-state index is -3.72. The second-order valence-electron chi connectivity index (χ2n) is 8.20. The fourth-order valence-electron chi connectivity index (χ4n) is 3.60. The summed E-state index contributed by atoms with van der Waals surface area (Å²) in [5, 5.41) is 7.01. The number of carbonyl (C=O) groups excluding carboxylic acids is 1. The Morgan fingerprint density at radius 3 is 2.53 bits per heavy atom. The summed E-state index contributed by atoms with van der Waals surface area (Å²) < 4.78 is 40.5. The number of nitrogens with one attached hydrogen (secondary N) is 1. The molecule has 34 heavy (non-hydrogen) atoms. The largest absolute Gasteiger partial charge is 0.489 e. The summed E-state index contributed by atoms with van der Waals surface area (Å²) in [6, 6.07) is 13.6. The summed E-state index contributed by atoms with van der Waals surface area (Å²) >= 11 is 0. The molecule has 2 aromatic carbocycles. The van der Waals surface area contributed by atoms with Gasteiger partial charge < -0.3 is 14.8 Å². The number of morpholine rings is 1. The van der Waals surface area contributed by atoms with E-state index in [0.29, 0.717) is 49.8 Å². The Morgan fingerprint density at radius 1 is 1.15 bits per heavy atom. The molecule has 0 atom stereocenters. The number of aromatic nitrogens is 2. The molecule has 1 fully saturated rings. The van der Waals surface area contributed by atoms with E-state index >= 15 is 0 Å². The van der Waals surface area contributed by atoms with E-state index in [1.165, 1.54) is 16.4 Å². The SMILES string of the molecule is CC(C)Oc1ccc(S(=O)(=O)N2CCOCC2)cc1NC(=O)c1ccc(Cn2cccn2)cc1. The van der Waals surface area contributed by atoms with Crippen molar-refractivity contribution >= 4 is 21.6 Å². The third kappa shape index (κ3) is 5.64. The monoisotopic (exact) mass is 484 g/mol. The van der Waals surface area contributed by atoms with Crippen LogP contribution in [0, 0.1) is 0 Å². The lowest BCUT2D eigenvalue weighted by Crippen LogP contribution is -2.40. The van der Waals surface area contributed by atoms with Gasteiger partial charge >= 0.3 is 0 Å². The fraction of sp³-hybridized carbons (Fsp3) is 0.333. The molecule has 9 nitrogen and oxygen atoms in total. The van der Waals surface area contributed by atoms with Gasteiger partial charge in [0, 0.05) is 31.0 Å². The second kappa shape index (κ2) is 10.4. The minimum absolute atomic E-state index is 0.0929. The first-order valence-electron chi connectivity index (χ1n) is 11.1. The highest BCUT2D eigenvalue weighted by atomic mass is 32.2. The van der Waals surface area contributed by atoms with Gasteiger partial charge in [-0.15, -0.1) is 0 Å². The zero-order chi connectivity index (χ0) is 24.1. The zero-order valence-electron chi connectivity index (χ0n) is 19.2. The molecule has 1 amide bonds. The van der Waals surface area contributed by atoms with Gasteiger partial charge in [-0.05, 0) is 55.8 Å². The van der Waals surface area contributed by atoms with Crippen molar-refractivity contribution in [2.75, 3.05) is 31.6 Å². The quantitative estimate of drug-likeness (QED) is 0.527. The molecule has 180 valence electrons. The van der Waals surface area contributed by atoms with Crippen LogP contribution >= 0.6 is 0 Å². The summed E-state index contributed by atoms with van der Waals surface area (Å²) in [4.78, 5) is 13.1. The maximum Gasteiger partial charge on any atom is 0.255 e. The number of ether oxygens (including phenoxy) is 2. The van der Waals surface area contributed by atoms with Crippen LogP contribution in [-0.4, -0.2) is 60.8 Å². The standard InChI is InChI=1S/C24H28N4O5S/c1-18(2)33-23-9-8-21(34(30,31)28-12-14-32-15-13-28)16-22(23)26-24(29)20-6-4-19(5-7-20)17-27-11-3-10-25-27/h3-11,16,18H,12-15,17H2,1-2H3,(H,26,29). The van der Waals surface area contributed by atoms with Crippen molar-refractivity contribution < 1.29 is 22.7 Å². The minimum Gasteiger partial charge on any atom is -0.489 e. The highest BCUT2D eigenvalue weighted by Gasteiger charge is 2.27. The van der Waals surface area contributed by atoms with Crippen LogP contribution in [0.5, 0.6) is 5.75 Å². The van der Waals surface area contributed by atoms with E-state index in [9.17, 15) is 13.2 Å². The lowest BCUT2D eigenvalue weighted by molar-refractivity contribution is 0.0730. The van der Waals surface area contributed by atoms with Gasteiger partial charge in [0.05, 0.1) is 36.4 Å². The Bertz CT molecular complexity index is 1220. The molecular formula is C24H28N4O5S. The lowest BCUT2D eigenvalue weighted by atomic mass is 10.1. The topological polar surface area (TPSA) is 103 Å². The smallest absolute Gasteiger partial charge is 0.255 e. The Labute approximate surface area is 199 Å². The van der Waals surface area contributed by atoms with Crippen molar-refractivity contribution in [3.63, 3.8) is 0 Å². The molecule has 0 unspecified atom stereocenters. The molecule has 1 aromatic heterocycles. The van der Waals surface area contributed by atoms with Crippen LogP contribution in [-0.2, 0) is 21.3 Å². The van der Waals surface area contributed by atoms with Crippen LogP contribution < -0.4 is 10.1 Å². The number of hydrogen-bond acceptors (Lipinski definition) is 6. The van der Waals surface area contributed by atoms with Crippen LogP contribution in [0.15, 0.2) is 65.8 Å². The van der Waals surface area contributed by atoms with E-state index in [1.807, 2.05) is 38.2 Å². The molecule has 1 saturated heterocycles. The van der Waals surface area contributed by atoms with E-state index < -0.39 is 10.0 Å². The van der Waals surface area contributed by atoms with Gasteiger partial charge in [-0.25, -0.2) is 8.42 Å². The number of sulfonamides is 1. The number of carbonyl (C=O) groups is 1. The van der Waals surface area contributed by atoms with Crippen molar-refractivity contribution in [2.24, 2.45) is 0 Å². The Hall–Kier alpha value is -3.21. The van der Waals surface area contributed by atoms with Crippen LogP contribution in [0.4, 0.5) is 5.69 Å². The average Bonchev–Trinajstić information content (AvgIpc) is 3.34. The van der Waals surface area contributed by atoms with Crippen molar-refractivity contribution in [2.45, 2.75) is 31.4 Å². The molecule has 0 saturated carbocycles. The summed E-state index contributed by atoms with van der Waals surface area (Å²) in [6.45, 7) is 5.62. The third-order valence-electron chi connectivity index (χ3n) is 5.29. The number of amides is 1. The maximum absolute atomic E-state index is 13.1. The number of benzene rings is 2. The van der Waals surface area contributed by atoms with Crippen LogP contribution in [0.2, 0.25) is 0 Å². The summed E-state index contributed by atoms with van der Waals surface area (Å²) in [7, 11) is -3.72. The molecule has 1 N–H and O–H groups in total. The predicted octanol–water partition coefficient (Wildman–Crippen LogP) is 2.99. The van der Waals surface area contributed by atoms with Gasteiger partial charge in [0.15, 0.2) is 0 Å². The molecule has 1 aliphatic rings. The highest BCUT2D eigenvalue weighted by molar-refractivity contribution is 7.89. The summed E-state index contributed by atoms with van der Waals surface area (Å²) in [6.07, 6.45) is 3.43. The van der Waals surface area contributed by atoms with E-state index in [-0.39, 0.29) is 16.9 Å². The van der Waals surface area contributed by atoms with E-state index in [4.69, 9.17) is 9.47 Å². The first-order chi connectivity index (χ1) is 16.3. The predicted molar refractivity (Wildman–Crippen MR) is 128 cm³/mol. The van der Waals surface area contributed by atoms with Gasteiger partial charge in [-0.3, -0.25) is 9.48 Å². The molecule has 2 heterocycles. The molecule has 0 radical (unpaired) electrons. The molecule has 0 bridgehead atoms. The number of hydrogen-bond donors (Lipinski definition) is 1. The lowest BCUT2D eigenvalue weighted by Gasteiger charge is -2.26. The van der Waals surface area contributed by atoms with Gasteiger partial charge in [0.2, 0.25) is 10.0 Å². The highest BCUT2D eigenvalue weighted by Crippen LogP contribution is 2.31. The van der Waals surface area contributed by atoms with Gasteiger partial charge in [0.25, 0.3) is 5.91 Å². The first-order valence-corrected chi connectivity index (χ1v) is 12.5. The number of anilines is 1. The molecule has 10 heteroatoms. The first kappa shape index (κ1) is 23.9. The second-order valence-corrected chi connectivity index (χ2v) is 10.1. The van der Waals surface area contributed by atoms with E-state index in [1.54, 1.807) is 29.1 Å². The van der Waals surface area contributed by atoms with Gasteiger partial charge in [0.1, 0.15) is 5.75 Å². The van der Waals surface area contributed by atoms with Crippen molar-refractivity contribution in [1.82, 2.24) is 14.1 Å². The van der Waals surface area contributed by atoms with Crippen molar-refractivity contribution in [3.05, 3.63) is 72.1 Å². The Morgan fingerprint density at radius 2 is 1.88 bits per heavy atom. The summed E-state index contributed by atoms with van der Waals surface area (Å²) in [5.41, 5.74) is 1.75. The molecular weight excluding hydrogens is 456 g/mol. The van der Waals surface area contributed by atoms with Gasteiger partial charge in [-0.2, -0.15) is 9.40 Å². The normalized spacial score (nSPS) is 14.8. The van der Waals surface area contributed by atoms with Crippen LogP contribution in [0.1, 0.15) is 29.8 Å². The zero-order valence-corrected chi connectivity index (χ0v) is 20.0. The third-order valence-corrected chi connectivity index (χ3v) is 7.18. The average molecular weight is 485 g/mol. The van der Waals surface area contributed by atoms with Crippen molar-refractivity contribution in [1.29, 1.82) is 0 Å². The van der Waals surface area contributed by atoms with Gasteiger partial charge in [-0.1, -0.05) is 12.1 Å². The number of rotatable bonds is 8. The number of nitrogens with zero attached hydrogens (tertiary/aromatic N) is 3. The Balaban J connectivity index is 1.56.